The summed E-state index contributed by atoms with van der Waals surface area (Å²) in [5, 5.41) is 3.33. The molecule has 6 heteroatoms. The molecular formula is C15H25NO4S. The Bertz CT molecular complexity index is 507. The van der Waals surface area contributed by atoms with Gasteiger partial charge in [-0.2, -0.15) is 0 Å². The normalized spacial score (nSPS) is 13.6. The molecule has 0 aliphatic rings. The second-order valence-electron chi connectivity index (χ2n) is 4.81. The van der Waals surface area contributed by atoms with E-state index in [1.807, 2.05) is 32.9 Å². The van der Waals surface area contributed by atoms with E-state index in [-0.39, 0.29) is 12.3 Å². The first-order chi connectivity index (χ1) is 9.88. The zero-order valence-electron chi connectivity index (χ0n) is 13.1. The highest BCUT2D eigenvalue weighted by Gasteiger charge is 2.12. The van der Waals surface area contributed by atoms with E-state index in [1.54, 1.807) is 12.1 Å². The summed E-state index contributed by atoms with van der Waals surface area (Å²) in [6, 6.07) is 6.99. The standard InChI is InChI=1S/C15H25NO4S/c1-5-19-15(20-6-2)11-16-12(3)13-7-9-14(10-8-13)21(4,17)18/h7-10,12,15-16H,5-6,11H2,1-4H3. The van der Waals surface area contributed by atoms with Gasteiger partial charge in [-0.25, -0.2) is 8.42 Å². The predicted octanol–water partition coefficient (Wildman–Crippen LogP) is 2.14. The Labute approximate surface area is 127 Å². The third-order valence-electron chi connectivity index (χ3n) is 3.10. The maximum atomic E-state index is 11.4. The molecule has 21 heavy (non-hydrogen) atoms. The van der Waals surface area contributed by atoms with Crippen molar-refractivity contribution in [2.75, 3.05) is 26.0 Å². The van der Waals surface area contributed by atoms with Gasteiger partial charge in [0.05, 0.1) is 4.90 Å². The molecule has 0 amide bonds. The Morgan fingerprint density at radius 2 is 1.62 bits per heavy atom. The van der Waals surface area contributed by atoms with E-state index in [2.05, 4.69) is 5.32 Å². The molecule has 0 radical (unpaired) electrons. The van der Waals surface area contributed by atoms with Gasteiger partial charge in [0.2, 0.25) is 0 Å². The third-order valence-corrected chi connectivity index (χ3v) is 4.23. The van der Waals surface area contributed by atoms with Gasteiger partial charge in [0, 0.05) is 32.1 Å². The maximum absolute atomic E-state index is 11.4. The number of sulfone groups is 1. The fourth-order valence-electron chi connectivity index (χ4n) is 1.93. The first-order valence-corrected chi connectivity index (χ1v) is 9.04. The van der Waals surface area contributed by atoms with E-state index in [9.17, 15) is 8.42 Å². The van der Waals surface area contributed by atoms with Crippen LogP contribution in [0.3, 0.4) is 0 Å². The van der Waals surface area contributed by atoms with E-state index in [0.717, 1.165) is 5.56 Å². The average Bonchev–Trinajstić information content (AvgIpc) is 2.44. The fourth-order valence-corrected chi connectivity index (χ4v) is 2.56. The predicted molar refractivity (Wildman–Crippen MR) is 83.0 cm³/mol. The topological polar surface area (TPSA) is 64.6 Å². The van der Waals surface area contributed by atoms with Crippen LogP contribution in [0.5, 0.6) is 0 Å². The molecule has 0 saturated heterocycles. The molecule has 120 valence electrons. The van der Waals surface area contributed by atoms with Crippen molar-refractivity contribution in [3.63, 3.8) is 0 Å². The average molecular weight is 315 g/mol. The van der Waals surface area contributed by atoms with Gasteiger partial charge in [-0.05, 0) is 38.5 Å². The molecule has 0 bridgehead atoms. The largest absolute Gasteiger partial charge is 0.352 e. The van der Waals surface area contributed by atoms with Crippen molar-refractivity contribution in [1.82, 2.24) is 5.32 Å². The second-order valence-corrected chi connectivity index (χ2v) is 6.83. The lowest BCUT2D eigenvalue weighted by Crippen LogP contribution is -2.33. The van der Waals surface area contributed by atoms with E-state index in [4.69, 9.17) is 9.47 Å². The van der Waals surface area contributed by atoms with E-state index >= 15 is 0 Å². The van der Waals surface area contributed by atoms with Gasteiger partial charge in [0.15, 0.2) is 16.1 Å². The van der Waals surface area contributed by atoms with Crippen molar-refractivity contribution in [1.29, 1.82) is 0 Å². The van der Waals surface area contributed by atoms with Gasteiger partial charge in [0.1, 0.15) is 0 Å². The van der Waals surface area contributed by atoms with Crippen LogP contribution in [0.25, 0.3) is 0 Å². The van der Waals surface area contributed by atoms with Crippen LogP contribution in [0.4, 0.5) is 0 Å². The first-order valence-electron chi connectivity index (χ1n) is 7.15. The Hall–Kier alpha value is -0.950. The molecule has 1 atom stereocenters. The molecule has 0 aromatic heterocycles. The number of ether oxygens (including phenoxy) is 2. The summed E-state index contributed by atoms with van der Waals surface area (Å²) in [5.41, 5.74) is 1.02. The number of nitrogens with one attached hydrogen (secondary N) is 1. The van der Waals surface area contributed by atoms with Gasteiger partial charge in [-0.3, -0.25) is 0 Å². The quantitative estimate of drug-likeness (QED) is 0.707. The van der Waals surface area contributed by atoms with Gasteiger partial charge >= 0.3 is 0 Å². The minimum absolute atomic E-state index is 0.0852. The Kier molecular flexibility index (Phi) is 7.31. The van der Waals surface area contributed by atoms with Crippen molar-refractivity contribution in [3.05, 3.63) is 29.8 Å². The van der Waals surface area contributed by atoms with Crippen LogP contribution in [-0.2, 0) is 19.3 Å². The Morgan fingerprint density at radius 1 is 1.10 bits per heavy atom. The van der Waals surface area contributed by atoms with E-state index in [1.165, 1.54) is 6.26 Å². The molecule has 0 aliphatic carbocycles. The Balaban J connectivity index is 2.60. The molecule has 0 fully saturated rings. The van der Waals surface area contributed by atoms with Crippen LogP contribution in [0, 0.1) is 0 Å². The molecular weight excluding hydrogens is 290 g/mol. The summed E-state index contributed by atoms with van der Waals surface area (Å²) in [6.45, 7) is 7.66. The summed E-state index contributed by atoms with van der Waals surface area (Å²) < 4.78 is 33.8. The summed E-state index contributed by atoms with van der Waals surface area (Å²) in [7, 11) is -3.15. The highest BCUT2D eigenvalue weighted by atomic mass is 32.2. The lowest BCUT2D eigenvalue weighted by atomic mass is 10.1. The van der Waals surface area contributed by atoms with Crippen LogP contribution >= 0.6 is 0 Å². The molecule has 1 unspecified atom stereocenters. The number of rotatable bonds is 9. The number of hydrogen-bond donors (Lipinski definition) is 1. The lowest BCUT2D eigenvalue weighted by Gasteiger charge is -2.21. The summed E-state index contributed by atoms with van der Waals surface area (Å²) in [5.74, 6) is 0. The van der Waals surface area contributed by atoms with Gasteiger partial charge in [-0.15, -0.1) is 0 Å². The summed E-state index contributed by atoms with van der Waals surface area (Å²) in [6.07, 6.45) is 0.941. The van der Waals surface area contributed by atoms with E-state index in [0.29, 0.717) is 24.7 Å². The molecule has 1 aromatic rings. The molecule has 1 rings (SSSR count). The molecule has 0 saturated carbocycles. The SMILES string of the molecule is CCOC(CNC(C)c1ccc(S(C)(=O)=O)cc1)OCC. The minimum atomic E-state index is -3.15. The van der Waals surface area contributed by atoms with Crippen LogP contribution in [-0.4, -0.2) is 40.7 Å². The van der Waals surface area contributed by atoms with Gasteiger partial charge in [-0.1, -0.05) is 12.1 Å². The van der Waals surface area contributed by atoms with Crippen LogP contribution in [0.2, 0.25) is 0 Å². The monoisotopic (exact) mass is 315 g/mol. The number of hydrogen-bond acceptors (Lipinski definition) is 5. The van der Waals surface area contributed by atoms with Gasteiger partial charge in [0.25, 0.3) is 0 Å². The first kappa shape index (κ1) is 18.1. The molecule has 0 heterocycles. The third kappa shape index (κ3) is 6.13. The van der Waals surface area contributed by atoms with Crippen molar-refractivity contribution < 1.29 is 17.9 Å². The van der Waals surface area contributed by atoms with Crippen LogP contribution in [0.15, 0.2) is 29.2 Å². The zero-order chi connectivity index (χ0) is 15.9. The Morgan fingerprint density at radius 3 is 2.05 bits per heavy atom. The molecule has 0 aliphatic heterocycles. The highest BCUT2D eigenvalue weighted by molar-refractivity contribution is 7.90. The lowest BCUT2D eigenvalue weighted by molar-refractivity contribution is -0.133. The van der Waals surface area contributed by atoms with E-state index < -0.39 is 9.84 Å². The van der Waals surface area contributed by atoms with Crippen molar-refractivity contribution in [2.24, 2.45) is 0 Å². The van der Waals surface area contributed by atoms with Crippen molar-refractivity contribution >= 4 is 9.84 Å². The summed E-state index contributed by atoms with van der Waals surface area (Å²) >= 11 is 0. The fraction of sp³-hybridized carbons (Fsp3) is 0.600. The van der Waals surface area contributed by atoms with Crippen molar-refractivity contribution in [3.8, 4) is 0 Å². The number of benzene rings is 1. The summed E-state index contributed by atoms with van der Waals surface area (Å²) in [4.78, 5) is 0.333. The molecule has 5 nitrogen and oxygen atoms in total. The minimum Gasteiger partial charge on any atom is -0.352 e. The molecule has 0 spiro atoms. The van der Waals surface area contributed by atoms with Gasteiger partial charge < -0.3 is 14.8 Å². The smallest absolute Gasteiger partial charge is 0.175 e. The molecule has 1 N–H and O–H groups in total. The van der Waals surface area contributed by atoms with Crippen LogP contribution < -0.4 is 5.32 Å². The second kappa shape index (κ2) is 8.48. The van der Waals surface area contributed by atoms with Crippen molar-refractivity contribution in [2.45, 2.75) is 38.0 Å². The molecule has 1 aromatic carbocycles. The highest BCUT2D eigenvalue weighted by Crippen LogP contribution is 2.16. The van der Waals surface area contributed by atoms with Crippen LogP contribution in [0.1, 0.15) is 32.4 Å². The zero-order valence-corrected chi connectivity index (χ0v) is 13.9. The maximum Gasteiger partial charge on any atom is 0.175 e.